The molecule has 0 saturated heterocycles. The molecule has 22 heavy (non-hydrogen) atoms. The van der Waals surface area contributed by atoms with Crippen molar-refractivity contribution >= 4 is 5.96 Å². The Morgan fingerprint density at radius 3 is 2.86 bits per heavy atom. The van der Waals surface area contributed by atoms with E-state index in [4.69, 9.17) is 9.47 Å². The summed E-state index contributed by atoms with van der Waals surface area (Å²) in [7, 11) is 1.67. The van der Waals surface area contributed by atoms with Crippen molar-refractivity contribution in [1.29, 1.82) is 0 Å². The van der Waals surface area contributed by atoms with E-state index in [-0.39, 0.29) is 0 Å². The predicted molar refractivity (Wildman–Crippen MR) is 88.3 cm³/mol. The fourth-order valence-electron chi connectivity index (χ4n) is 1.82. The third kappa shape index (κ3) is 8.63. The minimum Gasteiger partial charge on any atom is -0.382 e. The highest BCUT2D eigenvalue weighted by Crippen LogP contribution is 1.93. The van der Waals surface area contributed by atoms with E-state index in [0.717, 1.165) is 38.6 Å². The molecule has 0 aromatic carbocycles. The summed E-state index contributed by atoms with van der Waals surface area (Å²) in [5.41, 5.74) is 1.18. The standard InChI is InChI=1S/C15H29N5O2/c1-4-16-15(17-6-5-9-22-11-10-21-3)18-7-8-20-13-14(2)12-19-20/h12-13H,4-11H2,1-3H3,(H2,16,17,18). The summed E-state index contributed by atoms with van der Waals surface area (Å²) in [4.78, 5) is 4.52. The van der Waals surface area contributed by atoms with Crippen LogP contribution in [0.5, 0.6) is 0 Å². The van der Waals surface area contributed by atoms with E-state index < -0.39 is 0 Å². The Morgan fingerprint density at radius 1 is 1.32 bits per heavy atom. The summed E-state index contributed by atoms with van der Waals surface area (Å²) in [5.74, 6) is 0.836. The number of rotatable bonds is 11. The van der Waals surface area contributed by atoms with Gasteiger partial charge < -0.3 is 20.1 Å². The van der Waals surface area contributed by atoms with Crippen LogP contribution < -0.4 is 10.6 Å². The fourth-order valence-corrected chi connectivity index (χ4v) is 1.82. The number of ether oxygens (including phenoxy) is 2. The first kappa shape index (κ1) is 18.4. The quantitative estimate of drug-likeness (QED) is 0.359. The minimum absolute atomic E-state index is 0.639. The number of nitrogens with zero attached hydrogens (tertiary/aromatic N) is 3. The van der Waals surface area contributed by atoms with Crippen LogP contribution in [0, 0.1) is 6.92 Å². The lowest BCUT2D eigenvalue weighted by atomic mass is 10.4. The summed E-state index contributed by atoms with van der Waals surface area (Å²) < 4.78 is 12.3. The molecule has 2 N–H and O–H groups in total. The molecule has 0 spiro atoms. The molecule has 0 saturated carbocycles. The molecule has 1 aromatic rings. The molecule has 0 amide bonds. The third-order valence-corrected chi connectivity index (χ3v) is 2.89. The summed E-state index contributed by atoms with van der Waals surface area (Å²) in [6.07, 6.45) is 4.80. The van der Waals surface area contributed by atoms with Crippen LogP contribution in [0.3, 0.4) is 0 Å². The van der Waals surface area contributed by atoms with E-state index in [1.807, 2.05) is 24.0 Å². The molecule has 0 aliphatic rings. The molecule has 0 unspecified atom stereocenters. The maximum absolute atomic E-state index is 5.41. The van der Waals surface area contributed by atoms with Gasteiger partial charge in [0.2, 0.25) is 0 Å². The average Bonchev–Trinajstić information content (AvgIpc) is 2.92. The molecule has 1 aromatic heterocycles. The molecule has 7 nitrogen and oxygen atoms in total. The van der Waals surface area contributed by atoms with Crippen LogP contribution >= 0.6 is 0 Å². The summed E-state index contributed by atoms with van der Waals surface area (Å²) >= 11 is 0. The van der Waals surface area contributed by atoms with Crippen LogP contribution in [0.2, 0.25) is 0 Å². The Morgan fingerprint density at radius 2 is 2.18 bits per heavy atom. The SMILES string of the molecule is CCNC(=NCCCOCCOC)NCCn1cc(C)cn1. The van der Waals surface area contributed by atoms with Crippen LogP contribution in [-0.4, -0.2) is 62.3 Å². The van der Waals surface area contributed by atoms with E-state index in [0.29, 0.717) is 19.8 Å². The smallest absolute Gasteiger partial charge is 0.191 e. The van der Waals surface area contributed by atoms with Crippen molar-refractivity contribution in [2.75, 3.05) is 46.6 Å². The molecule has 0 atom stereocenters. The number of methoxy groups -OCH3 is 1. The van der Waals surface area contributed by atoms with Crippen molar-refractivity contribution in [2.45, 2.75) is 26.8 Å². The lowest BCUT2D eigenvalue weighted by molar-refractivity contribution is 0.0702. The van der Waals surface area contributed by atoms with Crippen molar-refractivity contribution in [2.24, 2.45) is 4.99 Å². The topological polar surface area (TPSA) is 72.7 Å². The number of aryl methyl sites for hydroxylation is 1. The Kier molecular flexibility index (Phi) is 10.1. The van der Waals surface area contributed by atoms with E-state index in [1.165, 1.54) is 5.56 Å². The second kappa shape index (κ2) is 12.0. The van der Waals surface area contributed by atoms with Gasteiger partial charge in [0, 0.05) is 39.5 Å². The van der Waals surface area contributed by atoms with E-state index in [9.17, 15) is 0 Å². The number of nitrogens with one attached hydrogen (secondary N) is 2. The van der Waals surface area contributed by atoms with Crippen LogP contribution in [-0.2, 0) is 16.0 Å². The largest absolute Gasteiger partial charge is 0.382 e. The summed E-state index contributed by atoms with van der Waals surface area (Å²) in [6.45, 7) is 9.27. The molecule has 0 aliphatic carbocycles. The lowest BCUT2D eigenvalue weighted by Gasteiger charge is -2.11. The molecule has 126 valence electrons. The second-order valence-electron chi connectivity index (χ2n) is 4.93. The highest BCUT2D eigenvalue weighted by molar-refractivity contribution is 5.79. The van der Waals surface area contributed by atoms with Crippen molar-refractivity contribution < 1.29 is 9.47 Å². The number of hydrogen-bond acceptors (Lipinski definition) is 4. The number of hydrogen-bond donors (Lipinski definition) is 2. The van der Waals surface area contributed by atoms with Gasteiger partial charge in [-0.2, -0.15) is 5.10 Å². The predicted octanol–water partition coefficient (Wildman–Crippen LogP) is 0.800. The Bertz CT molecular complexity index is 420. The molecule has 1 heterocycles. The van der Waals surface area contributed by atoms with Crippen molar-refractivity contribution in [1.82, 2.24) is 20.4 Å². The zero-order valence-corrected chi connectivity index (χ0v) is 14.0. The average molecular weight is 311 g/mol. The van der Waals surface area contributed by atoms with Crippen molar-refractivity contribution in [3.05, 3.63) is 18.0 Å². The normalized spacial score (nSPS) is 11.7. The Labute approximate surface area is 133 Å². The van der Waals surface area contributed by atoms with E-state index in [2.05, 4.69) is 27.6 Å². The van der Waals surface area contributed by atoms with Gasteiger partial charge in [-0.25, -0.2) is 0 Å². The van der Waals surface area contributed by atoms with Crippen molar-refractivity contribution in [3.63, 3.8) is 0 Å². The second-order valence-corrected chi connectivity index (χ2v) is 4.93. The maximum Gasteiger partial charge on any atom is 0.191 e. The van der Waals surface area contributed by atoms with Gasteiger partial charge in [-0.15, -0.1) is 0 Å². The molecule has 0 radical (unpaired) electrons. The number of aliphatic imine (C=N–C) groups is 1. The summed E-state index contributed by atoms with van der Waals surface area (Å²) in [6, 6.07) is 0. The third-order valence-electron chi connectivity index (χ3n) is 2.89. The monoisotopic (exact) mass is 311 g/mol. The van der Waals surface area contributed by atoms with Crippen LogP contribution in [0.1, 0.15) is 18.9 Å². The molecule has 7 heteroatoms. The Hall–Kier alpha value is -1.60. The zero-order chi connectivity index (χ0) is 16.0. The summed E-state index contributed by atoms with van der Waals surface area (Å²) in [5, 5.41) is 10.8. The minimum atomic E-state index is 0.639. The van der Waals surface area contributed by atoms with Crippen LogP contribution in [0.25, 0.3) is 0 Å². The van der Waals surface area contributed by atoms with E-state index in [1.54, 1.807) is 7.11 Å². The number of aromatic nitrogens is 2. The van der Waals surface area contributed by atoms with Gasteiger partial charge in [-0.1, -0.05) is 0 Å². The highest BCUT2D eigenvalue weighted by Gasteiger charge is 1.98. The van der Waals surface area contributed by atoms with Gasteiger partial charge in [0.15, 0.2) is 5.96 Å². The van der Waals surface area contributed by atoms with Crippen LogP contribution in [0.15, 0.2) is 17.4 Å². The first-order valence-electron chi connectivity index (χ1n) is 7.84. The number of guanidine groups is 1. The molecule has 0 bridgehead atoms. The maximum atomic E-state index is 5.41. The molecule has 0 aliphatic heterocycles. The molecular weight excluding hydrogens is 282 g/mol. The zero-order valence-electron chi connectivity index (χ0n) is 14.0. The van der Waals surface area contributed by atoms with Crippen LogP contribution in [0.4, 0.5) is 0 Å². The van der Waals surface area contributed by atoms with Gasteiger partial charge in [-0.3, -0.25) is 9.67 Å². The van der Waals surface area contributed by atoms with Gasteiger partial charge >= 0.3 is 0 Å². The first-order chi connectivity index (χ1) is 10.8. The van der Waals surface area contributed by atoms with Gasteiger partial charge in [0.1, 0.15) is 0 Å². The lowest BCUT2D eigenvalue weighted by Crippen LogP contribution is -2.39. The Balaban J connectivity index is 2.18. The van der Waals surface area contributed by atoms with Gasteiger partial charge in [0.05, 0.1) is 26.0 Å². The molecule has 1 rings (SSSR count). The first-order valence-corrected chi connectivity index (χ1v) is 7.84. The van der Waals surface area contributed by atoms with Gasteiger partial charge in [-0.05, 0) is 25.8 Å². The van der Waals surface area contributed by atoms with Gasteiger partial charge in [0.25, 0.3) is 0 Å². The van der Waals surface area contributed by atoms with Crippen molar-refractivity contribution in [3.8, 4) is 0 Å². The molecule has 0 fully saturated rings. The van der Waals surface area contributed by atoms with E-state index >= 15 is 0 Å². The highest BCUT2D eigenvalue weighted by atomic mass is 16.5. The molecular formula is C15H29N5O2. The fraction of sp³-hybridized carbons (Fsp3) is 0.733.